The van der Waals surface area contributed by atoms with E-state index in [0.717, 1.165) is 5.69 Å². The zero-order valence-electron chi connectivity index (χ0n) is 13.0. The van der Waals surface area contributed by atoms with Gasteiger partial charge in [0.15, 0.2) is 0 Å². The molecule has 0 atom stereocenters. The first-order valence-electron chi connectivity index (χ1n) is 7.17. The van der Waals surface area contributed by atoms with Crippen LogP contribution in [0.2, 0.25) is 0 Å². The predicted octanol–water partition coefficient (Wildman–Crippen LogP) is 2.59. The van der Waals surface area contributed by atoms with Crippen LogP contribution in [0.15, 0.2) is 61.2 Å². The molecule has 0 aliphatic carbocycles. The molecule has 1 amide bonds. The highest BCUT2D eigenvalue weighted by Crippen LogP contribution is 2.13. The molecule has 0 saturated carbocycles. The quantitative estimate of drug-likeness (QED) is 0.804. The Morgan fingerprint density at radius 1 is 1.04 bits per heavy atom. The van der Waals surface area contributed by atoms with Crippen molar-refractivity contribution in [1.29, 1.82) is 0 Å². The van der Waals surface area contributed by atoms with Gasteiger partial charge in [-0.25, -0.2) is 9.97 Å². The maximum atomic E-state index is 12.2. The minimum Gasteiger partial charge on any atom is -0.347 e. The topological polar surface area (TPSA) is 63.1 Å². The highest BCUT2D eigenvalue weighted by molar-refractivity contribution is 6.04. The van der Waals surface area contributed by atoms with Crippen molar-refractivity contribution in [2.45, 2.75) is 0 Å². The Labute approximate surface area is 134 Å². The maximum Gasteiger partial charge on any atom is 0.255 e. The fraction of sp³-hybridized carbons (Fsp3) is 0.118. The lowest BCUT2D eigenvalue weighted by Gasteiger charge is -2.10. The van der Waals surface area contributed by atoms with Gasteiger partial charge in [0.05, 0.1) is 18.1 Å². The Kier molecular flexibility index (Phi) is 4.05. The summed E-state index contributed by atoms with van der Waals surface area (Å²) in [5.74, 6) is 0.407. The van der Waals surface area contributed by atoms with E-state index in [-0.39, 0.29) is 5.91 Å². The third kappa shape index (κ3) is 3.37. The van der Waals surface area contributed by atoms with E-state index in [9.17, 15) is 4.79 Å². The first-order chi connectivity index (χ1) is 11.1. The molecule has 0 unspecified atom stereocenters. The van der Waals surface area contributed by atoms with E-state index in [2.05, 4.69) is 15.3 Å². The van der Waals surface area contributed by atoms with Crippen LogP contribution in [0.3, 0.4) is 0 Å². The van der Waals surface area contributed by atoms with Crippen molar-refractivity contribution in [2.24, 2.45) is 0 Å². The minimum atomic E-state index is -0.190. The number of anilines is 2. The Morgan fingerprint density at radius 2 is 1.65 bits per heavy atom. The number of nitrogens with zero attached hydrogens (tertiary/aromatic N) is 4. The van der Waals surface area contributed by atoms with Crippen molar-refractivity contribution >= 4 is 17.5 Å². The van der Waals surface area contributed by atoms with Crippen LogP contribution in [-0.4, -0.2) is 34.5 Å². The van der Waals surface area contributed by atoms with E-state index in [4.69, 9.17) is 0 Å². The van der Waals surface area contributed by atoms with E-state index in [1.54, 1.807) is 29.4 Å². The molecule has 6 heteroatoms. The summed E-state index contributed by atoms with van der Waals surface area (Å²) >= 11 is 0. The SMILES string of the molecule is CN(C)c1ncc(NC(=O)c2ccc(-n3cccc3)cc2)cn1. The highest BCUT2D eigenvalue weighted by Gasteiger charge is 2.07. The second kappa shape index (κ2) is 6.31. The van der Waals surface area contributed by atoms with Crippen LogP contribution in [0.5, 0.6) is 0 Å². The molecule has 3 aromatic rings. The van der Waals surface area contributed by atoms with Crippen LogP contribution in [0.1, 0.15) is 10.4 Å². The Hall–Kier alpha value is -3.15. The normalized spacial score (nSPS) is 10.3. The molecule has 1 N–H and O–H groups in total. The molecule has 0 radical (unpaired) electrons. The summed E-state index contributed by atoms with van der Waals surface area (Å²) in [6.45, 7) is 0. The molecule has 6 nitrogen and oxygen atoms in total. The molecule has 0 fully saturated rings. The van der Waals surface area contributed by atoms with Crippen molar-refractivity contribution in [3.8, 4) is 5.69 Å². The zero-order valence-corrected chi connectivity index (χ0v) is 13.0. The van der Waals surface area contributed by atoms with Crippen LogP contribution in [-0.2, 0) is 0 Å². The number of nitrogens with one attached hydrogen (secondary N) is 1. The summed E-state index contributed by atoms with van der Waals surface area (Å²) in [7, 11) is 3.72. The van der Waals surface area contributed by atoms with Gasteiger partial charge in [-0.05, 0) is 36.4 Å². The van der Waals surface area contributed by atoms with Crippen LogP contribution in [0.25, 0.3) is 5.69 Å². The van der Waals surface area contributed by atoms with Gasteiger partial charge in [0, 0.05) is 37.7 Å². The molecule has 0 aliphatic rings. The van der Waals surface area contributed by atoms with Crippen LogP contribution in [0, 0.1) is 0 Å². The first kappa shape index (κ1) is 14.8. The molecule has 0 saturated heterocycles. The molecule has 1 aromatic carbocycles. The molecular formula is C17H17N5O. The van der Waals surface area contributed by atoms with Gasteiger partial charge in [-0.3, -0.25) is 4.79 Å². The second-order valence-corrected chi connectivity index (χ2v) is 5.26. The summed E-state index contributed by atoms with van der Waals surface area (Å²) < 4.78 is 1.98. The van der Waals surface area contributed by atoms with E-state index in [1.807, 2.05) is 55.3 Å². The third-order valence-electron chi connectivity index (χ3n) is 3.33. The fourth-order valence-corrected chi connectivity index (χ4v) is 2.11. The van der Waals surface area contributed by atoms with Crippen LogP contribution in [0.4, 0.5) is 11.6 Å². The van der Waals surface area contributed by atoms with Gasteiger partial charge < -0.3 is 14.8 Å². The van der Waals surface area contributed by atoms with Crippen LogP contribution < -0.4 is 10.2 Å². The fourth-order valence-electron chi connectivity index (χ4n) is 2.11. The van der Waals surface area contributed by atoms with Crippen molar-refractivity contribution in [2.75, 3.05) is 24.3 Å². The number of carbonyl (C=O) groups is 1. The summed E-state index contributed by atoms with van der Waals surface area (Å²) in [5, 5.41) is 2.79. The lowest BCUT2D eigenvalue weighted by molar-refractivity contribution is 0.102. The standard InChI is InChI=1S/C17H17N5O/c1-21(2)17-18-11-14(12-19-17)20-16(23)13-5-7-15(8-6-13)22-9-3-4-10-22/h3-12H,1-2H3,(H,20,23). The Morgan fingerprint density at radius 3 is 2.22 bits per heavy atom. The summed E-state index contributed by atoms with van der Waals surface area (Å²) in [4.78, 5) is 22.4. The van der Waals surface area contributed by atoms with Gasteiger partial charge in [-0.2, -0.15) is 0 Å². The summed E-state index contributed by atoms with van der Waals surface area (Å²) in [6, 6.07) is 11.3. The number of benzene rings is 1. The van der Waals surface area contributed by atoms with E-state index < -0.39 is 0 Å². The third-order valence-corrected chi connectivity index (χ3v) is 3.33. The molecule has 2 heterocycles. The Bertz CT molecular complexity index is 777. The monoisotopic (exact) mass is 307 g/mol. The highest BCUT2D eigenvalue weighted by atomic mass is 16.1. The number of rotatable bonds is 4. The summed E-state index contributed by atoms with van der Waals surface area (Å²) in [6.07, 6.45) is 7.10. The molecular weight excluding hydrogens is 290 g/mol. The van der Waals surface area contributed by atoms with E-state index in [0.29, 0.717) is 17.2 Å². The molecule has 23 heavy (non-hydrogen) atoms. The van der Waals surface area contributed by atoms with Gasteiger partial charge >= 0.3 is 0 Å². The molecule has 0 aliphatic heterocycles. The minimum absolute atomic E-state index is 0.190. The lowest BCUT2D eigenvalue weighted by Crippen LogP contribution is -2.15. The number of hydrogen-bond acceptors (Lipinski definition) is 4. The van der Waals surface area contributed by atoms with E-state index in [1.165, 1.54) is 0 Å². The molecule has 0 spiro atoms. The van der Waals surface area contributed by atoms with Crippen molar-refractivity contribution in [3.63, 3.8) is 0 Å². The predicted molar refractivity (Wildman–Crippen MR) is 90.1 cm³/mol. The van der Waals surface area contributed by atoms with Gasteiger partial charge in [0.25, 0.3) is 5.91 Å². The molecule has 116 valence electrons. The van der Waals surface area contributed by atoms with Crippen molar-refractivity contribution in [3.05, 3.63) is 66.7 Å². The van der Waals surface area contributed by atoms with Crippen molar-refractivity contribution < 1.29 is 4.79 Å². The lowest BCUT2D eigenvalue weighted by atomic mass is 10.2. The summed E-state index contributed by atoms with van der Waals surface area (Å²) in [5.41, 5.74) is 2.15. The zero-order chi connectivity index (χ0) is 16.2. The largest absolute Gasteiger partial charge is 0.347 e. The number of amides is 1. The van der Waals surface area contributed by atoms with Gasteiger partial charge in [0.1, 0.15) is 0 Å². The first-order valence-corrected chi connectivity index (χ1v) is 7.17. The maximum absolute atomic E-state index is 12.2. The van der Waals surface area contributed by atoms with Crippen molar-refractivity contribution in [1.82, 2.24) is 14.5 Å². The van der Waals surface area contributed by atoms with Gasteiger partial charge in [-0.1, -0.05) is 0 Å². The number of carbonyl (C=O) groups excluding carboxylic acids is 1. The Balaban J connectivity index is 1.70. The second-order valence-electron chi connectivity index (χ2n) is 5.26. The van der Waals surface area contributed by atoms with E-state index >= 15 is 0 Å². The molecule has 0 bridgehead atoms. The van der Waals surface area contributed by atoms with Gasteiger partial charge in [-0.15, -0.1) is 0 Å². The molecule has 3 rings (SSSR count). The number of hydrogen-bond donors (Lipinski definition) is 1. The smallest absolute Gasteiger partial charge is 0.255 e. The number of aromatic nitrogens is 3. The van der Waals surface area contributed by atoms with Gasteiger partial charge in [0.2, 0.25) is 5.95 Å². The van der Waals surface area contributed by atoms with Crippen LogP contribution >= 0.6 is 0 Å². The average Bonchev–Trinajstić information content (AvgIpc) is 3.10. The average molecular weight is 307 g/mol. The molecule has 2 aromatic heterocycles.